The Kier molecular flexibility index (Phi) is 4.31. The summed E-state index contributed by atoms with van der Waals surface area (Å²) in [5.41, 5.74) is -1.06. The van der Waals surface area contributed by atoms with E-state index in [9.17, 15) is 26.8 Å². The van der Waals surface area contributed by atoms with E-state index in [0.717, 1.165) is 6.08 Å². The van der Waals surface area contributed by atoms with Gasteiger partial charge in [-0.2, -0.15) is 13.2 Å². The molecule has 3 aliphatic heterocycles. The topological polar surface area (TPSA) is 85.6 Å². The molecular weight excluding hydrogens is 373 g/mol. The van der Waals surface area contributed by atoms with E-state index in [4.69, 9.17) is 0 Å². The lowest BCUT2D eigenvalue weighted by Crippen LogP contribution is -2.34. The normalized spacial score (nSPS) is 25.9. The SMILES string of the molecule is CCS(=O)(=O)C1=CC=CN(O)C1=C1N=C2C=C(C(F)(F)F)C=NC2N1C. The molecule has 0 spiro atoms. The summed E-state index contributed by atoms with van der Waals surface area (Å²) in [6.45, 7) is 1.45. The van der Waals surface area contributed by atoms with Gasteiger partial charge in [-0.25, -0.2) is 18.5 Å². The lowest BCUT2D eigenvalue weighted by molar-refractivity contribution is -0.0856. The molecule has 0 aliphatic carbocycles. The molecule has 0 radical (unpaired) electrons. The average molecular weight is 388 g/mol. The van der Waals surface area contributed by atoms with Crippen LogP contribution in [-0.4, -0.2) is 60.7 Å². The van der Waals surface area contributed by atoms with Crippen LogP contribution in [0.4, 0.5) is 13.2 Å². The fourth-order valence-electron chi connectivity index (χ4n) is 2.68. The highest BCUT2D eigenvalue weighted by Crippen LogP contribution is 2.35. The van der Waals surface area contributed by atoms with Crippen molar-refractivity contribution in [1.29, 1.82) is 0 Å². The first kappa shape index (κ1) is 18.4. The highest BCUT2D eigenvalue weighted by atomic mass is 32.2. The number of aliphatic imine (C=N–C) groups is 2. The molecule has 0 saturated carbocycles. The van der Waals surface area contributed by atoms with E-state index < -0.39 is 27.8 Å². The average Bonchev–Trinajstić information content (AvgIpc) is 2.90. The zero-order valence-electron chi connectivity index (χ0n) is 13.8. The third-order valence-corrected chi connectivity index (χ3v) is 5.81. The van der Waals surface area contributed by atoms with Gasteiger partial charge in [0.25, 0.3) is 0 Å². The molecule has 0 bridgehead atoms. The van der Waals surface area contributed by atoms with Crippen molar-refractivity contribution < 1.29 is 26.8 Å². The van der Waals surface area contributed by atoms with Crippen molar-refractivity contribution in [1.82, 2.24) is 9.96 Å². The number of nitrogens with zero attached hydrogens (tertiary/aromatic N) is 4. The van der Waals surface area contributed by atoms with Crippen molar-refractivity contribution in [3.05, 3.63) is 46.4 Å². The maximum Gasteiger partial charge on any atom is 0.417 e. The number of rotatable bonds is 2. The Bertz CT molecular complexity index is 926. The molecule has 3 aliphatic rings. The first-order chi connectivity index (χ1) is 12.1. The van der Waals surface area contributed by atoms with Gasteiger partial charge in [0.05, 0.1) is 21.9 Å². The zero-order chi connectivity index (χ0) is 19.3. The van der Waals surface area contributed by atoms with Crippen molar-refractivity contribution in [3.63, 3.8) is 0 Å². The molecule has 140 valence electrons. The minimum Gasteiger partial charge on any atom is -0.331 e. The number of dihydropyridines is 1. The molecule has 0 saturated heterocycles. The fourth-order valence-corrected chi connectivity index (χ4v) is 3.75. The molecule has 26 heavy (non-hydrogen) atoms. The van der Waals surface area contributed by atoms with E-state index in [1.54, 1.807) is 0 Å². The summed E-state index contributed by atoms with van der Waals surface area (Å²) in [6.07, 6.45) is 0.0518. The van der Waals surface area contributed by atoms with Crippen molar-refractivity contribution in [3.8, 4) is 0 Å². The highest BCUT2D eigenvalue weighted by molar-refractivity contribution is 7.95. The van der Waals surface area contributed by atoms with Crippen LogP contribution in [0.3, 0.4) is 0 Å². The number of allylic oxidation sites excluding steroid dienone is 3. The molecular formula is C15H15F3N4O3S. The number of hydrogen-bond donors (Lipinski definition) is 1. The number of hydroxylamine groups is 2. The Morgan fingerprint density at radius 3 is 2.65 bits per heavy atom. The quantitative estimate of drug-likeness (QED) is 0.782. The van der Waals surface area contributed by atoms with Gasteiger partial charge in [-0.1, -0.05) is 6.92 Å². The Morgan fingerprint density at radius 1 is 1.35 bits per heavy atom. The Morgan fingerprint density at radius 2 is 2.04 bits per heavy atom. The largest absolute Gasteiger partial charge is 0.417 e. The van der Waals surface area contributed by atoms with E-state index in [1.165, 1.54) is 37.2 Å². The summed E-state index contributed by atoms with van der Waals surface area (Å²) in [4.78, 5) is 9.22. The summed E-state index contributed by atoms with van der Waals surface area (Å²) in [6, 6.07) is 0. The molecule has 7 nitrogen and oxygen atoms in total. The molecule has 0 aromatic rings. The van der Waals surface area contributed by atoms with E-state index in [0.29, 0.717) is 11.3 Å². The van der Waals surface area contributed by atoms with Crippen molar-refractivity contribution in [2.45, 2.75) is 19.3 Å². The van der Waals surface area contributed by atoms with Crippen molar-refractivity contribution in [2.24, 2.45) is 9.98 Å². The van der Waals surface area contributed by atoms with E-state index in [2.05, 4.69) is 9.98 Å². The molecule has 3 rings (SSSR count). The standard InChI is InChI=1S/C15H15F3N4O3S/c1-3-26(24,25)11-5-4-6-22(23)12(11)14-20-10-7-9(15(16,17)18)8-19-13(10)21(14)2/h4-8,13,23H,3H2,1-2H3. The monoisotopic (exact) mass is 388 g/mol. The van der Waals surface area contributed by atoms with E-state index in [-0.39, 0.29) is 27.9 Å². The predicted octanol–water partition coefficient (Wildman–Crippen LogP) is 1.98. The van der Waals surface area contributed by atoms with Crippen molar-refractivity contribution >= 4 is 21.8 Å². The number of hydrogen-bond acceptors (Lipinski definition) is 7. The fraction of sp³-hybridized carbons (Fsp3) is 0.333. The first-order valence-corrected chi connectivity index (χ1v) is 9.19. The number of sulfone groups is 1. The van der Waals surface area contributed by atoms with Crippen molar-refractivity contribution in [2.75, 3.05) is 12.8 Å². The Hall–Kier alpha value is -2.40. The van der Waals surface area contributed by atoms with Crippen LogP contribution < -0.4 is 0 Å². The first-order valence-electron chi connectivity index (χ1n) is 7.53. The highest BCUT2D eigenvalue weighted by Gasteiger charge is 2.40. The van der Waals surface area contributed by atoms with Crippen LogP contribution in [0.2, 0.25) is 0 Å². The van der Waals surface area contributed by atoms with Crippen LogP contribution in [0.5, 0.6) is 0 Å². The summed E-state index contributed by atoms with van der Waals surface area (Å²) < 4.78 is 63.3. The third-order valence-electron chi connectivity index (χ3n) is 4.05. The number of fused-ring (bicyclic) bond motifs is 1. The van der Waals surface area contributed by atoms with Gasteiger partial charge in [-0.05, 0) is 18.2 Å². The van der Waals surface area contributed by atoms with Crippen LogP contribution in [0.25, 0.3) is 0 Å². The third kappa shape index (κ3) is 2.97. The van der Waals surface area contributed by atoms with Gasteiger partial charge in [0.2, 0.25) is 0 Å². The Balaban J connectivity index is 2.15. The molecule has 0 aromatic carbocycles. The van der Waals surface area contributed by atoms with Gasteiger partial charge in [-0.3, -0.25) is 10.2 Å². The van der Waals surface area contributed by atoms with Gasteiger partial charge >= 0.3 is 6.18 Å². The summed E-state index contributed by atoms with van der Waals surface area (Å²) >= 11 is 0. The van der Waals surface area contributed by atoms with Gasteiger partial charge in [0.15, 0.2) is 21.8 Å². The van der Waals surface area contributed by atoms with Crippen LogP contribution in [0.1, 0.15) is 6.92 Å². The molecule has 0 fully saturated rings. The molecule has 0 aromatic heterocycles. The van der Waals surface area contributed by atoms with Crippen LogP contribution in [0.15, 0.2) is 56.4 Å². The lowest BCUT2D eigenvalue weighted by atomic mass is 10.1. The van der Waals surface area contributed by atoms with Gasteiger partial charge < -0.3 is 4.90 Å². The second kappa shape index (κ2) is 6.09. The van der Waals surface area contributed by atoms with E-state index in [1.807, 2.05) is 0 Å². The maximum absolute atomic E-state index is 12.9. The minimum absolute atomic E-state index is 0.0111. The molecule has 1 atom stereocenters. The van der Waals surface area contributed by atoms with Gasteiger partial charge in [0.1, 0.15) is 5.70 Å². The second-order valence-electron chi connectivity index (χ2n) is 5.69. The van der Waals surface area contributed by atoms with Gasteiger partial charge in [0, 0.05) is 19.5 Å². The lowest BCUT2D eigenvalue weighted by Gasteiger charge is -2.27. The molecule has 0 amide bonds. The summed E-state index contributed by atoms with van der Waals surface area (Å²) in [5.74, 6) is -0.200. The molecule has 1 unspecified atom stereocenters. The van der Waals surface area contributed by atoms with Gasteiger partial charge in [-0.15, -0.1) is 0 Å². The zero-order valence-corrected chi connectivity index (χ0v) is 14.6. The number of halogens is 3. The summed E-state index contributed by atoms with van der Waals surface area (Å²) in [7, 11) is -2.20. The molecule has 1 N–H and O–H groups in total. The second-order valence-corrected chi connectivity index (χ2v) is 7.94. The maximum atomic E-state index is 12.9. The predicted molar refractivity (Wildman–Crippen MR) is 89.0 cm³/mol. The number of alkyl halides is 3. The van der Waals surface area contributed by atoms with Crippen LogP contribution >= 0.6 is 0 Å². The summed E-state index contributed by atoms with van der Waals surface area (Å²) in [5, 5.41) is 10.7. The van der Waals surface area contributed by atoms with Crippen LogP contribution in [0, 0.1) is 0 Å². The minimum atomic E-state index is -4.57. The molecule has 3 heterocycles. The van der Waals surface area contributed by atoms with Crippen LogP contribution in [-0.2, 0) is 9.84 Å². The molecule has 11 heteroatoms. The smallest absolute Gasteiger partial charge is 0.331 e. The Labute approximate surface area is 147 Å². The van der Waals surface area contributed by atoms with E-state index >= 15 is 0 Å².